The van der Waals surface area contributed by atoms with E-state index in [1.54, 1.807) is 9.58 Å². The van der Waals surface area contributed by atoms with Crippen molar-refractivity contribution in [2.24, 2.45) is 5.73 Å². The molecule has 24 heavy (non-hydrogen) atoms. The number of nitrogens with two attached hydrogens (primary N) is 1. The lowest BCUT2D eigenvalue weighted by atomic mass is 10.2. The molecule has 8 nitrogen and oxygen atoms in total. The van der Waals surface area contributed by atoms with Crippen molar-refractivity contribution in [1.29, 1.82) is 0 Å². The Hall–Kier alpha value is -2.90. The average Bonchev–Trinajstić information content (AvgIpc) is 3.03. The monoisotopic (exact) mass is 328 g/mol. The van der Waals surface area contributed by atoms with Crippen LogP contribution >= 0.6 is 0 Å². The molecule has 0 aliphatic carbocycles. The minimum absolute atomic E-state index is 0.102. The molecule has 1 aromatic carbocycles. The van der Waals surface area contributed by atoms with E-state index in [2.05, 4.69) is 15.4 Å². The summed E-state index contributed by atoms with van der Waals surface area (Å²) in [7, 11) is 0. The molecule has 0 radical (unpaired) electrons. The minimum Gasteiger partial charge on any atom is -0.370 e. The zero-order valence-corrected chi connectivity index (χ0v) is 13.3. The van der Waals surface area contributed by atoms with Crippen LogP contribution in [0.4, 0.5) is 5.95 Å². The van der Waals surface area contributed by atoms with Crippen LogP contribution in [-0.2, 0) is 17.9 Å². The number of aromatic nitrogens is 3. The zero-order valence-electron chi connectivity index (χ0n) is 13.3. The molecule has 0 bridgehead atoms. The number of nitrogens with one attached hydrogen (secondary N) is 1. The van der Waals surface area contributed by atoms with Crippen molar-refractivity contribution in [1.82, 2.24) is 19.7 Å². The number of carbonyl (C=O) groups is 2. The fourth-order valence-corrected chi connectivity index (χ4v) is 2.59. The molecule has 1 aromatic heterocycles. The number of fused-ring (bicyclic) bond motifs is 1. The lowest BCUT2D eigenvalue weighted by Crippen LogP contribution is -2.34. The molecule has 3 rings (SSSR count). The van der Waals surface area contributed by atoms with Crippen LogP contribution in [0.5, 0.6) is 0 Å². The van der Waals surface area contributed by atoms with Gasteiger partial charge in [-0.05, 0) is 12.0 Å². The molecule has 2 heterocycles. The number of aryl methyl sites for hydroxylation is 1. The number of primary amides is 1. The molecular weight excluding hydrogens is 308 g/mol. The number of hydrogen-bond acceptors (Lipinski definition) is 5. The number of nitrogens with zero attached hydrogens (tertiary/aromatic N) is 4. The first-order valence-electron chi connectivity index (χ1n) is 7.93. The molecule has 126 valence electrons. The standard InChI is InChI=1S/C16H20N6O2/c17-13(23)7-10-21(11-12-5-2-1-3-6-12)15(24)14-19-16-18-8-4-9-22(16)20-14/h1-3,5-6H,4,7-11H2,(H2,17,23)(H,18,19,20). The van der Waals surface area contributed by atoms with Crippen molar-refractivity contribution >= 4 is 17.8 Å². The third-order valence-electron chi connectivity index (χ3n) is 3.82. The van der Waals surface area contributed by atoms with Gasteiger partial charge in [-0.1, -0.05) is 30.3 Å². The molecule has 8 heteroatoms. The zero-order chi connectivity index (χ0) is 16.9. The highest BCUT2D eigenvalue weighted by atomic mass is 16.2. The highest BCUT2D eigenvalue weighted by molar-refractivity contribution is 5.91. The molecular formula is C16H20N6O2. The molecule has 1 aliphatic rings. The summed E-state index contributed by atoms with van der Waals surface area (Å²) in [6.07, 6.45) is 1.05. The van der Waals surface area contributed by atoms with Crippen LogP contribution in [0.1, 0.15) is 29.0 Å². The molecule has 3 N–H and O–H groups in total. The maximum atomic E-state index is 12.8. The van der Waals surface area contributed by atoms with E-state index in [4.69, 9.17) is 5.73 Å². The number of hydrogen-bond donors (Lipinski definition) is 2. The van der Waals surface area contributed by atoms with Crippen LogP contribution < -0.4 is 11.1 Å². The van der Waals surface area contributed by atoms with Crippen molar-refractivity contribution in [2.75, 3.05) is 18.4 Å². The topological polar surface area (TPSA) is 106 Å². The first-order chi connectivity index (χ1) is 11.6. The van der Waals surface area contributed by atoms with Crippen LogP contribution in [0.15, 0.2) is 30.3 Å². The predicted molar refractivity (Wildman–Crippen MR) is 88.1 cm³/mol. The van der Waals surface area contributed by atoms with Crippen LogP contribution in [0.2, 0.25) is 0 Å². The lowest BCUT2D eigenvalue weighted by molar-refractivity contribution is -0.118. The van der Waals surface area contributed by atoms with Crippen molar-refractivity contribution in [3.8, 4) is 0 Å². The summed E-state index contributed by atoms with van der Waals surface area (Å²) in [6.45, 7) is 2.18. The lowest BCUT2D eigenvalue weighted by Gasteiger charge is -2.20. The number of carbonyl (C=O) groups excluding carboxylic acids is 2. The molecule has 0 atom stereocenters. The number of anilines is 1. The summed E-state index contributed by atoms with van der Waals surface area (Å²) >= 11 is 0. The third kappa shape index (κ3) is 3.70. The van der Waals surface area contributed by atoms with Gasteiger partial charge in [-0.2, -0.15) is 4.98 Å². The first kappa shape index (κ1) is 16.0. The predicted octanol–water partition coefficient (Wildman–Crippen LogP) is 0.611. The van der Waals surface area contributed by atoms with Gasteiger partial charge < -0.3 is 16.0 Å². The Balaban J connectivity index is 1.79. The first-order valence-corrected chi connectivity index (χ1v) is 7.93. The maximum absolute atomic E-state index is 12.8. The smallest absolute Gasteiger partial charge is 0.293 e. The van der Waals surface area contributed by atoms with E-state index in [1.165, 1.54) is 0 Å². The van der Waals surface area contributed by atoms with E-state index < -0.39 is 5.91 Å². The van der Waals surface area contributed by atoms with Gasteiger partial charge in [0.1, 0.15) is 0 Å². The second kappa shape index (κ2) is 7.12. The Labute approximate surface area is 139 Å². The molecule has 0 saturated carbocycles. The summed E-state index contributed by atoms with van der Waals surface area (Å²) in [5, 5.41) is 7.40. The molecule has 0 fully saturated rings. The fourth-order valence-electron chi connectivity index (χ4n) is 2.59. The van der Waals surface area contributed by atoms with Crippen LogP contribution in [0.25, 0.3) is 0 Å². The van der Waals surface area contributed by atoms with Crippen molar-refractivity contribution in [3.05, 3.63) is 41.7 Å². The van der Waals surface area contributed by atoms with Gasteiger partial charge in [0.25, 0.3) is 5.91 Å². The van der Waals surface area contributed by atoms with Gasteiger partial charge in [-0.3, -0.25) is 9.59 Å². The second-order valence-corrected chi connectivity index (χ2v) is 5.69. The van der Waals surface area contributed by atoms with Gasteiger partial charge in [0.05, 0.1) is 0 Å². The van der Waals surface area contributed by atoms with E-state index in [9.17, 15) is 9.59 Å². The Morgan fingerprint density at radius 2 is 2.08 bits per heavy atom. The fraction of sp³-hybridized carbons (Fsp3) is 0.375. The van der Waals surface area contributed by atoms with Crippen LogP contribution in [0, 0.1) is 0 Å². The average molecular weight is 328 g/mol. The highest BCUT2D eigenvalue weighted by Gasteiger charge is 2.23. The second-order valence-electron chi connectivity index (χ2n) is 5.69. The molecule has 0 unspecified atom stereocenters. The summed E-state index contributed by atoms with van der Waals surface area (Å²) in [5.41, 5.74) is 6.20. The van der Waals surface area contributed by atoms with Gasteiger partial charge in [-0.15, -0.1) is 5.10 Å². The van der Waals surface area contributed by atoms with Gasteiger partial charge in [0, 0.05) is 32.6 Å². The van der Waals surface area contributed by atoms with Gasteiger partial charge in [-0.25, -0.2) is 4.68 Å². The van der Waals surface area contributed by atoms with Crippen molar-refractivity contribution < 1.29 is 9.59 Å². The summed E-state index contributed by atoms with van der Waals surface area (Å²) < 4.78 is 1.70. The Morgan fingerprint density at radius 3 is 2.79 bits per heavy atom. The number of amides is 2. The molecule has 2 aromatic rings. The van der Waals surface area contributed by atoms with Gasteiger partial charge >= 0.3 is 0 Å². The molecule has 0 spiro atoms. The van der Waals surface area contributed by atoms with Gasteiger partial charge in [0.2, 0.25) is 17.7 Å². The molecule has 1 aliphatic heterocycles. The quantitative estimate of drug-likeness (QED) is 0.808. The Kier molecular flexibility index (Phi) is 4.74. The summed E-state index contributed by atoms with van der Waals surface area (Å²) in [5.74, 6) is 0.00221. The van der Waals surface area contributed by atoms with Crippen LogP contribution in [-0.4, -0.2) is 44.6 Å². The Morgan fingerprint density at radius 1 is 1.29 bits per heavy atom. The SMILES string of the molecule is NC(=O)CCN(Cc1ccccc1)C(=O)c1nc2n(n1)CCCN2. The third-order valence-corrected chi connectivity index (χ3v) is 3.82. The van der Waals surface area contributed by atoms with E-state index in [0.29, 0.717) is 12.5 Å². The molecule has 2 amide bonds. The van der Waals surface area contributed by atoms with Crippen molar-refractivity contribution in [2.45, 2.75) is 25.9 Å². The minimum atomic E-state index is -0.445. The van der Waals surface area contributed by atoms with E-state index >= 15 is 0 Å². The Bertz CT molecular complexity index is 704. The van der Waals surface area contributed by atoms with Crippen LogP contribution in [0.3, 0.4) is 0 Å². The van der Waals surface area contributed by atoms with Gasteiger partial charge in [0.15, 0.2) is 0 Å². The van der Waals surface area contributed by atoms with Crippen molar-refractivity contribution in [3.63, 3.8) is 0 Å². The number of benzene rings is 1. The van der Waals surface area contributed by atoms with E-state index in [1.807, 2.05) is 30.3 Å². The van der Waals surface area contributed by atoms with E-state index in [0.717, 1.165) is 25.1 Å². The normalized spacial score (nSPS) is 13.0. The summed E-state index contributed by atoms with van der Waals surface area (Å²) in [6, 6.07) is 9.58. The largest absolute Gasteiger partial charge is 0.370 e. The molecule has 0 saturated heterocycles. The maximum Gasteiger partial charge on any atom is 0.293 e. The highest BCUT2D eigenvalue weighted by Crippen LogP contribution is 2.14. The number of rotatable bonds is 6. The summed E-state index contributed by atoms with van der Waals surface area (Å²) in [4.78, 5) is 29.7. The van der Waals surface area contributed by atoms with E-state index in [-0.39, 0.29) is 24.7 Å².